The molecular formula is C11H21N5O2S. The molecule has 1 fully saturated rings. The van der Waals surface area contributed by atoms with Gasteiger partial charge in [0.15, 0.2) is 0 Å². The van der Waals surface area contributed by atoms with Gasteiger partial charge in [0.05, 0.1) is 0 Å². The van der Waals surface area contributed by atoms with Gasteiger partial charge in [-0.3, -0.25) is 4.90 Å². The second-order valence-corrected chi connectivity index (χ2v) is 6.60. The summed E-state index contributed by atoms with van der Waals surface area (Å²) in [6.45, 7) is 6.80. The lowest BCUT2D eigenvalue weighted by molar-refractivity contribution is 0.229. The van der Waals surface area contributed by atoms with Gasteiger partial charge in [-0.05, 0) is 6.92 Å². The van der Waals surface area contributed by atoms with Gasteiger partial charge in [0.1, 0.15) is 5.82 Å². The lowest BCUT2D eigenvalue weighted by Gasteiger charge is -2.28. The number of hydrogen-bond acceptors (Lipinski definition) is 5. The Morgan fingerprint density at radius 1 is 1.42 bits per heavy atom. The SMILES string of the molecule is Cc1nccn1S(=O)(=O)N(C)CCN1CCNCC1. The number of imidazole rings is 1. The largest absolute Gasteiger partial charge is 0.314 e. The quantitative estimate of drug-likeness (QED) is 0.762. The molecule has 2 rings (SSSR count). The van der Waals surface area contributed by atoms with Crippen LogP contribution in [0.4, 0.5) is 0 Å². The highest BCUT2D eigenvalue weighted by Gasteiger charge is 2.22. The molecule has 108 valence electrons. The van der Waals surface area contributed by atoms with E-state index in [1.165, 1.54) is 20.7 Å². The minimum atomic E-state index is -3.48. The smallest absolute Gasteiger partial charge is 0.308 e. The van der Waals surface area contributed by atoms with Gasteiger partial charge in [-0.1, -0.05) is 0 Å². The molecule has 1 aromatic rings. The molecule has 0 aromatic carbocycles. The number of rotatable bonds is 5. The molecule has 1 N–H and O–H groups in total. The zero-order chi connectivity index (χ0) is 13.9. The van der Waals surface area contributed by atoms with E-state index in [-0.39, 0.29) is 0 Å². The average Bonchev–Trinajstić information content (AvgIpc) is 2.84. The standard InChI is InChI=1S/C11H21N5O2S/c1-11-13-5-8-16(11)19(17,18)14(2)9-10-15-6-3-12-4-7-15/h5,8,12H,3-4,6-7,9-10H2,1-2H3. The first kappa shape index (κ1) is 14.4. The average molecular weight is 287 g/mol. The molecule has 1 saturated heterocycles. The summed E-state index contributed by atoms with van der Waals surface area (Å²) in [5.41, 5.74) is 0. The Bertz CT molecular complexity index is 507. The van der Waals surface area contributed by atoms with E-state index < -0.39 is 10.2 Å². The first-order valence-electron chi connectivity index (χ1n) is 6.41. The van der Waals surface area contributed by atoms with Crippen LogP contribution >= 0.6 is 0 Å². The van der Waals surface area contributed by atoms with Gasteiger partial charge in [0, 0.05) is 58.7 Å². The summed E-state index contributed by atoms with van der Waals surface area (Å²) in [5, 5.41) is 3.28. The lowest BCUT2D eigenvalue weighted by atomic mass is 10.3. The Morgan fingerprint density at radius 3 is 2.68 bits per heavy atom. The van der Waals surface area contributed by atoms with Crippen molar-refractivity contribution in [2.75, 3.05) is 46.3 Å². The lowest BCUT2D eigenvalue weighted by Crippen LogP contribution is -2.47. The molecule has 0 saturated carbocycles. The summed E-state index contributed by atoms with van der Waals surface area (Å²) >= 11 is 0. The molecule has 0 spiro atoms. The highest BCUT2D eigenvalue weighted by molar-refractivity contribution is 7.87. The number of aryl methyl sites for hydroxylation is 1. The molecule has 19 heavy (non-hydrogen) atoms. The fourth-order valence-corrected chi connectivity index (χ4v) is 3.29. The van der Waals surface area contributed by atoms with Crippen molar-refractivity contribution in [3.05, 3.63) is 18.2 Å². The number of nitrogens with zero attached hydrogens (tertiary/aromatic N) is 4. The van der Waals surface area contributed by atoms with Crippen molar-refractivity contribution >= 4 is 10.2 Å². The molecule has 0 unspecified atom stereocenters. The second kappa shape index (κ2) is 6.00. The van der Waals surface area contributed by atoms with Crippen molar-refractivity contribution in [2.24, 2.45) is 0 Å². The van der Waals surface area contributed by atoms with Gasteiger partial charge >= 0.3 is 10.2 Å². The zero-order valence-corrected chi connectivity index (χ0v) is 12.2. The van der Waals surface area contributed by atoms with Crippen LogP contribution in [0.15, 0.2) is 12.4 Å². The van der Waals surface area contributed by atoms with E-state index in [1.54, 1.807) is 14.0 Å². The molecule has 0 aliphatic carbocycles. The van der Waals surface area contributed by atoms with E-state index in [0.29, 0.717) is 12.4 Å². The van der Waals surface area contributed by atoms with Crippen LogP contribution in [0.5, 0.6) is 0 Å². The molecule has 0 amide bonds. The van der Waals surface area contributed by atoms with Gasteiger partial charge in [0.25, 0.3) is 0 Å². The normalized spacial score (nSPS) is 18.1. The summed E-state index contributed by atoms with van der Waals surface area (Å²) in [6.07, 6.45) is 2.98. The maximum Gasteiger partial charge on any atom is 0.308 e. The fraction of sp³-hybridized carbons (Fsp3) is 0.727. The van der Waals surface area contributed by atoms with Gasteiger partial charge in [-0.2, -0.15) is 12.7 Å². The predicted molar refractivity (Wildman–Crippen MR) is 73.2 cm³/mol. The van der Waals surface area contributed by atoms with Gasteiger partial charge in [0.2, 0.25) is 0 Å². The van der Waals surface area contributed by atoms with Crippen molar-refractivity contribution < 1.29 is 8.42 Å². The monoisotopic (exact) mass is 287 g/mol. The Balaban J connectivity index is 1.95. The predicted octanol–water partition coefficient (Wildman–Crippen LogP) is -0.879. The Labute approximate surface area is 114 Å². The van der Waals surface area contributed by atoms with E-state index in [9.17, 15) is 8.42 Å². The zero-order valence-electron chi connectivity index (χ0n) is 11.4. The summed E-state index contributed by atoms with van der Waals surface area (Å²) in [4.78, 5) is 6.22. The number of piperazine rings is 1. The van der Waals surface area contributed by atoms with Crippen LogP contribution in [0.1, 0.15) is 5.82 Å². The Kier molecular flexibility index (Phi) is 4.56. The Hall–Kier alpha value is -0.960. The third kappa shape index (κ3) is 3.33. The van der Waals surface area contributed by atoms with Crippen LogP contribution in [-0.2, 0) is 10.2 Å². The van der Waals surface area contributed by atoms with E-state index in [2.05, 4.69) is 15.2 Å². The maximum absolute atomic E-state index is 12.3. The molecule has 2 heterocycles. The highest BCUT2D eigenvalue weighted by atomic mass is 32.2. The maximum atomic E-state index is 12.3. The molecule has 1 aromatic heterocycles. The minimum absolute atomic E-state index is 0.481. The van der Waals surface area contributed by atoms with Gasteiger partial charge < -0.3 is 5.32 Å². The van der Waals surface area contributed by atoms with Crippen molar-refractivity contribution in [1.29, 1.82) is 0 Å². The van der Waals surface area contributed by atoms with Crippen LogP contribution < -0.4 is 5.32 Å². The van der Waals surface area contributed by atoms with E-state index >= 15 is 0 Å². The third-order valence-electron chi connectivity index (χ3n) is 3.37. The summed E-state index contributed by atoms with van der Waals surface area (Å²) < 4.78 is 27.2. The first-order chi connectivity index (χ1) is 9.01. The summed E-state index contributed by atoms with van der Waals surface area (Å²) in [6, 6.07) is 0. The number of hydrogen-bond donors (Lipinski definition) is 1. The van der Waals surface area contributed by atoms with Crippen LogP contribution in [0.25, 0.3) is 0 Å². The summed E-state index contributed by atoms with van der Waals surface area (Å²) in [5.74, 6) is 0.481. The Morgan fingerprint density at radius 2 is 2.11 bits per heavy atom. The second-order valence-electron chi connectivity index (χ2n) is 4.69. The van der Waals surface area contributed by atoms with E-state index in [4.69, 9.17) is 0 Å². The van der Waals surface area contributed by atoms with E-state index in [0.717, 1.165) is 32.7 Å². The molecule has 0 atom stereocenters. The number of likely N-dealkylation sites (N-methyl/N-ethyl adjacent to an activating group) is 1. The fourth-order valence-electron chi connectivity index (χ4n) is 2.09. The van der Waals surface area contributed by atoms with Gasteiger partial charge in [-0.25, -0.2) is 8.96 Å². The summed E-state index contributed by atoms with van der Waals surface area (Å²) in [7, 11) is -1.87. The van der Waals surface area contributed by atoms with Crippen molar-refractivity contribution in [2.45, 2.75) is 6.92 Å². The third-order valence-corrected chi connectivity index (χ3v) is 5.22. The number of aromatic nitrogens is 2. The molecule has 0 radical (unpaired) electrons. The minimum Gasteiger partial charge on any atom is -0.314 e. The van der Waals surface area contributed by atoms with E-state index in [1.807, 2.05) is 0 Å². The van der Waals surface area contributed by atoms with Crippen LogP contribution in [-0.4, -0.2) is 72.9 Å². The topological polar surface area (TPSA) is 70.5 Å². The van der Waals surface area contributed by atoms with Crippen LogP contribution in [0.2, 0.25) is 0 Å². The molecular weight excluding hydrogens is 266 g/mol. The van der Waals surface area contributed by atoms with Gasteiger partial charge in [-0.15, -0.1) is 0 Å². The molecule has 7 nitrogen and oxygen atoms in total. The van der Waals surface area contributed by atoms with Crippen LogP contribution in [0.3, 0.4) is 0 Å². The van der Waals surface area contributed by atoms with Crippen molar-refractivity contribution in [3.63, 3.8) is 0 Å². The van der Waals surface area contributed by atoms with Crippen LogP contribution in [0, 0.1) is 6.92 Å². The molecule has 0 bridgehead atoms. The van der Waals surface area contributed by atoms with Crippen molar-refractivity contribution in [1.82, 2.24) is 23.5 Å². The molecule has 8 heteroatoms. The molecule has 1 aliphatic rings. The highest BCUT2D eigenvalue weighted by Crippen LogP contribution is 2.06. The van der Waals surface area contributed by atoms with Crippen molar-refractivity contribution in [3.8, 4) is 0 Å². The first-order valence-corrected chi connectivity index (χ1v) is 7.81. The molecule has 1 aliphatic heterocycles. The number of nitrogens with one attached hydrogen (secondary N) is 1.